The molecule has 0 fully saturated rings. The maximum absolute atomic E-state index is 11.2. The van der Waals surface area contributed by atoms with Gasteiger partial charge in [0.15, 0.2) is 4.77 Å². The van der Waals surface area contributed by atoms with Crippen molar-refractivity contribution >= 4 is 46.8 Å². The summed E-state index contributed by atoms with van der Waals surface area (Å²) in [6.07, 6.45) is 0. The van der Waals surface area contributed by atoms with Crippen LogP contribution in [0.5, 0.6) is 0 Å². The molecule has 0 aliphatic carbocycles. The van der Waals surface area contributed by atoms with Crippen molar-refractivity contribution in [2.45, 2.75) is 0 Å². The van der Waals surface area contributed by atoms with Crippen LogP contribution in [0, 0.1) is 4.77 Å². The van der Waals surface area contributed by atoms with E-state index in [1.807, 2.05) is 0 Å². The normalized spacial score (nSPS) is 10.5. The van der Waals surface area contributed by atoms with E-state index >= 15 is 0 Å². The van der Waals surface area contributed by atoms with Crippen LogP contribution in [0.4, 0.5) is 0 Å². The van der Waals surface area contributed by atoms with Crippen molar-refractivity contribution in [3.63, 3.8) is 0 Å². The van der Waals surface area contributed by atoms with Crippen molar-refractivity contribution in [3.05, 3.63) is 35.9 Å². The van der Waals surface area contributed by atoms with Crippen molar-refractivity contribution in [1.29, 1.82) is 0 Å². The van der Waals surface area contributed by atoms with Crippen LogP contribution in [0.15, 0.2) is 16.9 Å². The van der Waals surface area contributed by atoms with E-state index in [9.17, 15) is 4.79 Å². The second kappa shape index (κ2) is 4.09. The van der Waals surface area contributed by atoms with Gasteiger partial charge in [0.25, 0.3) is 5.56 Å². The minimum Gasteiger partial charge on any atom is -0.332 e. The van der Waals surface area contributed by atoms with E-state index in [-0.39, 0.29) is 10.3 Å². The van der Waals surface area contributed by atoms with Crippen LogP contribution in [0.2, 0.25) is 8.67 Å². The van der Waals surface area contributed by atoms with E-state index in [0.29, 0.717) is 19.9 Å². The van der Waals surface area contributed by atoms with Gasteiger partial charge in [-0.15, -0.1) is 11.3 Å². The zero-order valence-corrected chi connectivity index (χ0v) is 10.3. The van der Waals surface area contributed by atoms with Gasteiger partial charge in [0.05, 0.1) is 10.0 Å². The zero-order chi connectivity index (χ0) is 11.0. The molecule has 2 rings (SSSR count). The second-order valence-electron chi connectivity index (χ2n) is 2.74. The highest BCUT2D eigenvalue weighted by Crippen LogP contribution is 2.36. The lowest BCUT2D eigenvalue weighted by Gasteiger charge is -1.97. The predicted molar refractivity (Wildman–Crippen MR) is 65.6 cm³/mol. The zero-order valence-electron chi connectivity index (χ0n) is 7.14. The first kappa shape index (κ1) is 10.9. The van der Waals surface area contributed by atoms with Gasteiger partial charge in [-0.05, 0) is 18.3 Å². The molecule has 78 valence electrons. The summed E-state index contributed by atoms with van der Waals surface area (Å²) < 4.78 is 1.35. The maximum atomic E-state index is 11.2. The average molecular weight is 279 g/mol. The fourth-order valence-corrected chi connectivity index (χ4v) is 2.84. The van der Waals surface area contributed by atoms with Gasteiger partial charge in [-0.2, -0.15) is 0 Å². The minimum absolute atomic E-state index is 0.260. The maximum Gasteiger partial charge on any atom is 0.252 e. The van der Waals surface area contributed by atoms with Crippen LogP contribution in [-0.4, -0.2) is 9.97 Å². The molecule has 2 N–H and O–H groups in total. The lowest BCUT2D eigenvalue weighted by molar-refractivity contribution is 1.09. The van der Waals surface area contributed by atoms with Crippen LogP contribution in [0.3, 0.4) is 0 Å². The molecule has 3 nitrogen and oxygen atoms in total. The summed E-state index contributed by atoms with van der Waals surface area (Å²) in [5, 5.41) is 0. The van der Waals surface area contributed by atoms with Gasteiger partial charge in [-0.25, -0.2) is 0 Å². The topological polar surface area (TPSA) is 48.6 Å². The van der Waals surface area contributed by atoms with Crippen molar-refractivity contribution < 1.29 is 0 Å². The van der Waals surface area contributed by atoms with Crippen LogP contribution in [0.1, 0.15) is 0 Å². The lowest BCUT2D eigenvalue weighted by atomic mass is 10.2. The Labute approximate surface area is 104 Å². The van der Waals surface area contributed by atoms with Crippen LogP contribution >= 0.6 is 46.8 Å². The van der Waals surface area contributed by atoms with Gasteiger partial charge >= 0.3 is 0 Å². The molecule has 0 spiro atoms. The quantitative estimate of drug-likeness (QED) is 0.785. The van der Waals surface area contributed by atoms with E-state index in [1.165, 1.54) is 17.4 Å². The van der Waals surface area contributed by atoms with Crippen molar-refractivity contribution in [3.8, 4) is 11.3 Å². The molecule has 2 aromatic rings. The molecule has 2 aromatic heterocycles. The van der Waals surface area contributed by atoms with Gasteiger partial charge in [0.1, 0.15) is 4.34 Å². The number of halogens is 2. The van der Waals surface area contributed by atoms with Crippen LogP contribution in [-0.2, 0) is 0 Å². The number of hydrogen-bond donors (Lipinski definition) is 2. The minimum atomic E-state index is -0.271. The first-order valence-electron chi connectivity index (χ1n) is 3.85. The lowest BCUT2D eigenvalue weighted by Crippen LogP contribution is -2.06. The van der Waals surface area contributed by atoms with Crippen LogP contribution in [0.25, 0.3) is 11.3 Å². The van der Waals surface area contributed by atoms with Crippen molar-refractivity contribution in [2.75, 3.05) is 0 Å². The first-order chi connectivity index (χ1) is 7.06. The van der Waals surface area contributed by atoms with Gasteiger partial charge in [0.2, 0.25) is 0 Å². The summed E-state index contributed by atoms with van der Waals surface area (Å²) in [6.45, 7) is 0. The number of aromatic nitrogens is 2. The Morgan fingerprint density at radius 3 is 2.53 bits per heavy atom. The molecule has 2 heterocycles. The Morgan fingerprint density at radius 1 is 1.27 bits per heavy atom. The van der Waals surface area contributed by atoms with E-state index in [4.69, 9.17) is 35.4 Å². The highest BCUT2D eigenvalue weighted by molar-refractivity contribution is 7.71. The molecule has 0 radical (unpaired) electrons. The molecule has 7 heteroatoms. The summed E-state index contributed by atoms with van der Waals surface area (Å²) in [7, 11) is 0. The van der Waals surface area contributed by atoms with Crippen molar-refractivity contribution in [2.24, 2.45) is 0 Å². The summed E-state index contributed by atoms with van der Waals surface area (Å²) >= 11 is 17.8. The summed E-state index contributed by atoms with van der Waals surface area (Å²) in [5.74, 6) is 0. The monoisotopic (exact) mass is 278 g/mol. The molecule has 0 saturated carbocycles. The van der Waals surface area contributed by atoms with E-state index < -0.39 is 0 Å². The van der Waals surface area contributed by atoms with Crippen LogP contribution < -0.4 is 5.56 Å². The molecule has 0 aliphatic heterocycles. The molecule has 0 amide bonds. The van der Waals surface area contributed by atoms with Gasteiger partial charge in [0, 0.05) is 11.6 Å². The third-order valence-corrected chi connectivity index (χ3v) is 3.40. The molecular weight excluding hydrogens is 275 g/mol. The molecule has 0 aromatic carbocycles. The molecule has 0 atom stereocenters. The number of thiophene rings is 1. The molecule has 15 heavy (non-hydrogen) atoms. The van der Waals surface area contributed by atoms with Crippen molar-refractivity contribution in [1.82, 2.24) is 9.97 Å². The smallest absolute Gasteiger partial charge is 0.252 e. The Kier molecular flexibility index (Phi) is 2.97. The standard InChI is InChI=1S/C8H4Cl2N2OS2/c9-5-1-3(7(10)15-5)4-2-6(13)12-8(14)11-4/h1-2H,(H2,11,12,13,14). The van der Waals surface area contributed by atoms with Gasteiger partial charge in [-0.1, -0.05) is 23.2 Å². The number of hydrogen-bond acceptors (Lipinski definition) is 3. The number of rotatable bonds is 1. The fourth-order valence-electron chi connectivity index (χ4n) is 1.14. The summed E-state index contributed by atoms with van der Waals surface area (Å²) in [4.78, 5) is 16.5. The molecule has 0 unspecified atom stereocenters. The van der Waals surface area contributed by atoms with Gasteiger partial charge in [-0.3, -0.25) is 9.78 Å². The highest BCUT2D eigenvalue weighted by Gasteiger charge is 2.09. The molecule has 0 bridgehead atoms. The van der Waals surface area contributed by atoms with E-state index in [0.717, 1.165) is 0 Å². The Hall–Kier alpha value is -0.620. The SMILES string of the molecule is O=c1cc(-c2cc(Cl)sc2Cl)[nH]c(=S)[nH]1. The van der Waals surface area contributed by atoms with Gasteiger partial charge < -0.3 is 4.98 Å². The fraction of sp³-hybridized carbons (Fsp3) is 0. The second-order valence-corrected chi connectivity index (χ2v) is 5.43. The first-order valence-corrected chi connectivity index (χ1v) is 5.83. The molecule has 0 saturated heterocycles. The third kappa shape index (κ3) is 2.31. The summed E-state index contributed by atoms with van der Waals surface area (Å²) in [5.41, 5.74) is 0.980. The number of aromatic amines is 2. The highest BCUT2D eigenvalue weighted by atomic mass is 35.5. The number of H-pyrrole nitrogens is 2. The van der Waals surface area contributed by atoms with E-state index in [2.05, 4.69) is 9.97 Å². The molecule has 0 aliphatic rings. The third-order valence-electron chi connectivity index (χ3n) is 1.71. The number of nitrogens with one attached hydrogen (secondary N) is 2. The Bertz CT molecular complexity index is 585. The average Bonchev–Trinajstić information content (AvgIpc) is 2.43. The molecular formula is C8H4Cl2N2OS2. The van der Waals surface area contributed by atoms with E-state index in [1.54, 1.807) is 6.07 Å². The summed E-state index contributed by atoms with van der Waals surface area (Å²) in [6, 6.07) is 3.08. The Morgan fingerprint density at radius 2 is 2.00 bits per heavy atom. The largest absolute Gasteiger partial charge is 0.332 e. The Balaban J connectivity index is 2.68. The predicted octanol–water partition coefficient (Wildman–Crippen LogP) is 3.47.